The lowest BCUT2D eigenvalue weighted by molar-refractivity contribution is -0.138. The van der Waals surface area contributed by atoms with Gasteiger partial charge in [0.2, 0.25) is 10.0 Å². The first-order valence-electron chi connectivity index (χ1n) is 6.69. The third-order valence-corrected chi connectivity index (χ3v) is 5.29. The van der Waals surface area contributed by atoms with E-state index in [0.717, 1.165) is 0 Å². The molecule has 0 bridgehead atoms. The summed E-state index contributed by atoms with van der Waals surface area (Å²) < 4.78 is 25.8. The number of benzene rings is 1. The molecule has 0 aromatic heterocycles. The Kier molecular flexibility index (Phi) is 5.67. The van der Waals surface area contributed by atoms with Crippen LogP contribution in [0.5, 0.6) is 0 Å². The smallest absolute Gasteiger partial charge is 0.325 e. The van der Waals surface area contributed by atoms with Crippen LogP contribution in [0.2, 0.25) is 0 Å². The van der Waals surface area contributed by atoms with Gasteiger partial charge in [-0.3, -0.25) is 9.59 Å². The summed E-state index contributed by atoms with van der Waals surface area (Å²) in [6.45, 7) is 4.86. The molecule has 1 aromatic carbocycles. The minimum absolute atomic E-state index is 0.0755. The van der Waals surface area contributed by atoms with E-state index in [0.29, 0.717) is 0 Å². The lowest BCUT2D eigenvalue weighted by Crippen LogP contribution is -2.38. The molecule has 0 fully saturated rings. The molecule has 0 radical (unpaired) electrons. The molecule has 0 heterocycles. The van der Waals surface area contributed by atoms with Gasteiger partial charge in [0.15, 0.2) is 0 Å². The predicted molar refractivity (Wildman–Crippen MR) is 81.1 cm³/mol. The number of nitrogens with one attached hydrogen (secondary N) is 1. The Morgan fingerprint density at radius 3 is 2.05 bits per heavy atom. The molecule has 22 heavy (non-hydrogen) atoms. The Bertz CT molecular complexity index is 652. The molecule has 0 aliphatic rings. The third kappa shape index (κ3) is 4.05. The van der Waals surface area contributed by atoms with Crippen LogP contribution >= 0.6 is 0 Å². The Balaban J connectivity index is 2.96. The quantitative estimate of drug-likeness (QED) is 0.808. The summed E-state index contributed by atoms with van der Waals surface area (Å²) >= 11 is 0. The van der Waals surface area contributed by atoms with Gasteiger partial charge in [0.05, 0.1) is 4.90 Å². The van der Waals surface area contributed by atoms with Gasteiger partial charge in [-0.05, 0) is 45.0 Å². The Hall–Kier alpha value is -1.93. The second-order valence-corrected chi connectivity index (χ2v) is 7.17. The standard InChI is InChI=1S/C14H20N2O5S/c1-9(2)16(4)22(20,21)12-7-5-11(6-8-12)13(17)15-10(3)14(18)19/h5-10H,1-4H3,(H,15,17)(H,18,19). The van der Waals surface area contributed by atoms with E-state index < -0.39 is 27.9 Å². The number of carboxylic acids is 1. The molecule has 0 saturated carbocycles. The van der Waals surface area contributed by atoms with Crippen molar-refractivity contribution in [3.8, 4) is 0 Å². The van der Waals surface area contributed by atoms with Crippen molar-refractivity contribution in [3.63, 3.8) is 0 Å². The maximum atomic E-state index is 12.3. The van der Waals surface area contributed by atoms with Gasteiger partial charge in [-0.25, -0.2) is 8.42 Å². The van der Waals surface area contributed by atoms with Gasteiger partial charge in [-0.1, -0.05) is 0 Å². The van der Waals surface area contributed by atoms with Crippen molar-refractivity contribution in [3.05, 3.63) is 29.8 Å². The first kappa shape index (κ1) is 18.1. The molecule has 0 aliphatic heterocycles. The molecule has 1 aromatic rings. The first-order valence-corrected chi connectivity index (χ1v) is 8.13. The van der Waals surface area contributed by atoms with E-state index in [4.69, 9.17) is 5.11 Å². The highest BCUT2D eigenvalue weighted by Crippen LogP contribution is 2.17. The number of carbonyl (C=O) groups is 2. The number of carbonyl (C=O) groups excluding carboxylic acids is 1. The largest absolute Gasteiger partial charge is 0.480 e. The average Bonchev–Trinajstić information content (AvgIpc) is 2.46. The number of rotatable bonds is 6. The minimum atomic E-state index is -3.61. The molecule has 2 N–H and O–H groups in total. The van der Waals surface area contributed by atoms with Gasteiger partial charge in [-0.2, -0.15) is 4.31 Å². The van der Waals surface area contributed by atoms with Gasteiger partial charge in [0.1, 0.15) is 6.04 Å². The Labute approximate surface area is 130 Å². The van der Waals surface area contributed by atoms with Crippen molar-refractivity contribution in [2.24, 2.45) is 0 Å². The fourth-order valence-electron chi connectivity index (χ4n) is 1.56. The molecule has 8 heteroatoms. The summed E-state index contributed by atoms with van der Waals surface area (Å²) in [5.74, 6) is -1.72. The molecule has 0 spiro atoms. The molecular formula is C14H20N2O5S. The van der Waals surface area contributed by atoms with E-state index >= 15 is 0 Å². The summed E-state index contributed by atoms with van der Waals surface area (Å²) in [5.41, 5.74) is 0.194. The number of aliphatic carboxylic acids is 1. The molecule has 7 nitrogen and oxygen atoms in total. The van der Waals surface area contributed by atoms with E-state index in [1.54, 1.807) is 13.8 Å². The number of carboxylic acid groups (broad SMARTS) is 1. The van der Waals surface area contributed by atoms with E-state index in [-0.39, 0.29) is 16.5 Å². The number of nitrogens with zero attached hydrogens (tertiary/aromatic N) is 1. The van der Waals surface area contributed by atoms with Gasteiger partial charge in [0, 0.05) is 18.7 Å². The summed E-state index contributed by atoms with van der Waals surface area (Å²) in [5, 5.41) is 11.0. The van der Waals surface area contributed by atoms with Crippen LogP contribution in [0, 0.1) is 0 Å². The number of amides is 1. The van der Waals surface area contributed by atoms with Gasteiger partial charge in [0.25, 0.3) is 5.91 Å². The van der Waals surface area contributed by atoms with Crippen LogP contribution in [-0.4, -0.2) is 48.8 Å². The predicted octanol–water partition coefficient (Wildman–Crippen LogP) is 0.918. The molecule has 122 valence electrons. The normalized spacial score (nSPS) is 13.2. The van der Waals surface area contributed by atoms with E-state index in [9.17, 15) is 18.0 Å². The van der Waals surface area contributed by atoms with Crippen LogP contribution in [0.25, 0.3) is 0 Å². The molecule has 0 saturated heterocycles. The van der Waals surface area contributed by atoms with Crippen molar-refractivity contribution >= 4 is 21.9 Å². The second kappa shape index (κ2) is 6.89. The molecule has 1 atom stereocenters. The SMILES string of the molecule is CC(NC(=O)c1ccc(S(=O)(=O)N(C)C(C)C)cc1)C(=O)O. The maximum Gasteiger partial charge on any atom is 0.325 e. The van der Waals surface area contributed by atoms with Crippen LogP contribution in [0.4, 0.5) is 0 Å². The van der Waals surface area contributed by atoms with Crippen molar-refractivity contribution < 1.29 is 23.1 Å². The molecular weight excluding hydrogens is 308 g/mol. The topological polar surface area (TPSA) is 104 Å². The third-order valence-electron chi connectivity index (χ3n) is 3.24. The van der Waals surface area contributed by atoms with Crippen molar-refractivity contribution in [1.82, 2.24) is 9.62 Å². The zero-order chi connectivity index (χ0) is 17.1. The lowest BCUT2D eigenvalue weighted by atomic mass is 10.2. The summed E-state index contributed by atoms with van der Waals surface area (Å²) in [6.07, 6.45) is 0. The van der Waals surface area contributed by atoms with Crippen molar-refractivity contribution in [2.75, 3.05) is 7.05 Å². The molecule has 1 amide bonds. The summed E-state index contributed by atoms with van der Waals surface area (Å²) in [6, 6.07) is 4.14. The molecule has 1 unspecified atom stereocenters. The maximum absolute atomic E-state index is 12.3. The van der Waals surface area contributed by atoms with Crippen LogP contribution in [0.1, 0.15) is 31.1 Å². The first-order chi connectivity index (χ1) is 10.1. The number of hydrogen-bond donors (Lipinski definition) is 2. The van der Waals surface area contributed by atoms with Crippen LogP contribution in [0.15, 0.2) is 29.2 Å². The highest BCUT2D eigenvalue weighted by Gasteiger charge is 2.23. The molecule has 1 rings (SSSR count). The second-order valence-electron chi connectivity index (χ2n) is 5.17. The van der Waals surface area contributed by atoms with Crippen LogP contribution in [0.3, 0.4) is 0 Å². The highest BCUT2D eigenvalue weighted by molar-refractivity contribution is 7.89. The monoisotopic (exact) mass is 328 g/mol. The van der Waals surface area contributed by atoms with E-state index in [2.05, 4.69) is 5.32 Å². The van der Waals surface area contributed by atoms with Crippen LogP contribution in [-0.2, 0) is 14.8 Å². The fraction of sp³-hybridized carbons (Fsp3) is 0.429. The van der Waals surface area contributed by atoms with Crippen LogP contribution < -0.4 is 5.32 Å². The summed E-state index contributed by atoms with van der Waals surface area (Å²) in [7, 11) is -2.13. The molecule has 0 aliphatic carbocycles. The fourth-order valence-corrected chi connectivity index (χ4v) is 2.93. The Morgan fingerprint density at radius 1 is 1.14 bits per heavy atom. The van der Waals surface area contributed by atoms with E-state index in [1.807, 2.05) is 0 Å². The van der Waals surface area contributed by atoms with Crippen molar-refractivity contribution in [1.29, 1.82) is 0 Å². The van der Waals surface area contributed by atoms with Gasteiger partial charge < -0.3 is 10.4 Å². The lowest BCUT2D eigenvalue weighted by Gasteiger charge is -2.21. The summed E-state index contributed by atoms with van der Waals surface area (Å²) in [4.78, 5) is 22.6. The minimum Gasteiger partial charge on any atom is -0.480 e. The zero-order valence-electron chi connectivity index (χ0n) is 12.9. The van der Waals surface area contributed by atoms with Gasteiger partial charge >= 0.3 is 5.97 Å². The van der Waals surface area contributed by atoms with Crippen molar-refractivity contribution in [2.45, 2.75) is 37.8 Å². The number of hydrogen-bond acceptors (Lipinski definition) is 4. The van der Waals surface area contributed by atoms with E-state index in [1.165, 1.54) is 42.5 Å². The Morgan fingerprint density at radius 2 is 1.64 bits per heavy atom. The average molecular weight is 328 g/mol. The zero-order valence-corrected chi connectivity index (χ0v) is 13.7. The highest BCUT2D eigenvalue weighted by atomic mass is 32.2. The number of sulfonamides is 1. The van der Waals surface area contributed by atoms with Gasteiger partial charge in [-0.15, -0.1) is 0 Å².